The fourth-order valence-electron chi connectivity index (χ4n) is 0.856. The van der Waals surface area contributed by atoms with E-state index in [2.05, 4.69) is 13.0 Å². The van der Waals surface area contributed by atoms with Crippen LogP contribution in [-0.4, -0.2) is 8.42 Å². The molecule has 80 valence electrons. The van der Waals surface area contributed by atoms with Crippen LogP contribution in [0.1, 0.15) is 12.5 Å². The van der Waals surface area contributed by atoms with Crippen LogP contribution in [0.25, 0.3) is 0 Å². The summed E-state index contributed by atoms with van der Waals surface area (Å²) in [5.74, 6) is 0. The van der Waals surface area contributed by atoms with Crippen LogP contribution in [0.4, 0.5) is 13.5 Å². The van der Waals surface area contributed by atoms with Crippen molar-refractivity contribution in [1.82, 2.24) is 0 Å². The molecular weight excluding hydrogens is 212 g/mol. The minimum absolute atomic E-state index is 0.903. The van der Waals surface area contributed by atoms with Crippen molar-refractivity contribution in [3.63, 3.8) is 0 Å². The maximum absolute atomic E-state index is 9.99. The van der Waals surface area contributed by atoms with Gasteiger partial charge in [-0.15, -0.1) is 0 Å². The van der Waals surface area contributed by atoms with E-state index in [1.54, 1.807) is 0 Å². The number of nitrogen functional groups attached to an aromatic ring is 1. The number of hydrogen-bond donors (Lipinski definition) is 1. The van der Waals surface area contributed by atoms with Gasteiger partial charge in [-0.1, -0.05) is 32.9 Å². The second kappa shape index (κ2) is 5.54. The predicted octanol–water partition coefficient (Wildman–Crippen LogP) is 2.00. The molecule has 0 saturated carbocycles. The molecule has 1 aromatic rings. The monoisotopic (exact) mass is 223 g/mol. The Morgan fingerprint density at radius 2 is 1.71 bits per heavy atom. The van der Waals surface area contributed by atoms with Crippen LogP contribution in [0.3, 0.4) is 0 Å². The zero-order valence-electron chi connectivity index (χ0n) is 7.57. The third kappa shape index (κ3) is 7.48. The molecule has 0 aromatic heterocycles. The van der Waals surface area contributed by atoms with E-state index in [0.29, 0.717) is 0 Å². The Labute approximate surface area is 82.1 Å². The average molecular weight is 223 g/mol. The molecule has 0 aliphatic carbocycles. The second-order valence-corrected chi connectivity index (χ2v) is 3.19. The first-order chi connectivity index (χ1) is 6.34. The lowest BCUT2D eigenvalue weighted by Gasteiger charge is -1.98. The van der Waals surface area contributed by atoms with Gasteiger partial charge in [0.25, 0.3) is 0 Å². The van der Waals surface area contributed by atoms with Crippen molar-refractivity contribution in [1.29, 1.82) is 0 Å². The van der Waals surface area contributed by atoms with Crippen LogP contribution in [0.15, 0.2) is 24.3 Å². The lowest BCUT2D eigenvalue weighted by atomic mass is 10.1. The smallest absolute Gasteiger partial charge is 0.399 e. The quantitative estimate of drug-likeness (QED) is 0.585. The first kappa shape index (κ1) is 12.8. The van der Waals surface area contributed by atoms with E-state index in [0.717, 1.165) is 12.1 Å². The molecule has 1 aromatic carbocycles. The van der Waals surface area contributed by atoms with Crippen molar-refractivity contribution in [2.45, 2.75) is 13.3 Å². The Morgan fingerprint density at radius 3 is 2.00 bits per heavy atom. The van der Waals surface area contributed by atoms with Gasteiger partial charge in [0, 0.05) is 5.69 Å². The standard InChI is InChI=1S/C8H11N.F2O2S/c1-2-7-5-3-4-6-8(7)9;1-5(2,3)4/h3-6H,2,9H2,1H3;. The van der Waals surface area contributed by atoms with Crippen LogP contribution >= 0.6 is 0 Å². The lowest BCUT2D eigenvalue weighted by Crippen LogP contribution is -1.90. The van der Waals surface area contributed by atoms with Crippen LogP contribution in [0.2, 0.25) is 0 Å². The van der Waals surface area contributed by atoms with Gasteiger partial charge in [0.2, 0.25) is 0 Å². The fourth-order valence-corrected chi connectivity index (χ4v) is 0.856. The first-order valence-corrected chi connectivity index (χ1v) is 5.10. The Balaban J connectivity index is 0.000000292. The molecule has 1 rings (SSSR count). The Kier molecular flexibility index (Phi) is 5.07. The van der Waals surface area contributed by atoms with Crippen LogP contribution in [-0.2, 0) is 17.0 Å². The topological polar surface area (TPSA) is 60.2 Å². The molecule has 0 spiro atoms. The molecule has 0 unspecified atom stereocenters. The molecule has 14 heavy (non-hydrogen) atoms. The molecule has 0 atom stereocenters. The third-order valence-electron chi connectivity index (χ3n) is 1.44. The predicted molar refractivity (Wildman–Crippen MR) is 51.4 cm³/mol. The molecular formula is C8H11F2NO2S. The van der Waals surface area contributed by atoms with Gasteiger partial charge in [-0.3, -0.25) is 0 Å². The van der Waals surface area contributed by atoms with Crippen molar-refractivity contribution in [2.24, 2.45) is 0 Å². The Morgan fingerprint density at radius 1 is 1.29 bits per heavy atom. The van der Waals surface area contributed by atoms with Crippen LogP contribution in [0.5, 0.6) is 0 Å². The minimum atomic E-state index is -5.67. The minimum Gasteiger partial charge on any atom is -0.399 e. The summed E-state index contributed by atoms with van der Waals surface area (Å²) in [5.41, 5.74) is 7.77. The van der Waals surface area contributed by atoms with Crippen LogP contribution < -0.4 is 5.73 Å². The van der Waals surface area contributed by atoms with E-state index < -0.39 is 10.6 Å². The fraction of sp³-hybridized carbons (Fsp3) is 0.250. The highest BCUT2D eigenvalue weighted by atomic mass is 32.3. The molecule has 0 fully saturated rings. The number of nitrogens with two attached hydrogens (primary N) is 1. The van der Waals surface area contributed by atoms with Gasteiger partial charge in [0.05, 0.1) is 0 Å². The summed E-state index contributed by atoms with van der Waals surface area (Å²) in [6.45, 7) is 2.10. The number of hydrogen-bond acceptors (Lipinski definition) is 3. The molecule has 0 amide bonds. The zero-order chi connectivity index (χ0) is 11.2. The Hall–Kier alpha value is -1.17. The largest absolute Gasteiger partial charge is 0.476 e. The maximum atomic E-state index is 9.99. The second-order valence-electron chi connectivity index (χ2n) is 2.43. The molecule has 0 saturated heterocycles. The number of para-hydroxylation sites is 1. The van der Waals surface area contributed by atoms with Crippen molar-refractivity contribution in [3.05, 3.63) is 29.8 Å². The van der Waals surface area contributed by atoms with Gasteiger partial charge in [-0.2, -0.15) is 8.42 Å². The SMILES string of the molecule is CCc1ccccc1N.O=S(=O)(F)F. The summed E-state index contributed by atoms with van der Waals surface area (Å²) >= 11 is 0. The number of rotatable bonds is 1. The average Bonchev–Trinajstić information content (AvgIpc) is 2.02. The van der Waals surface area contributed by atoms with E-state index in [1.807, 2.05) is 18.2 Å². The van der Waals surface area contributed by atoms with Gasteiger partial charge in [-0.25, -0.2) is 0 Å². The van der Waals surface area contributed by atoms with Gasteiger partial charge < -0.3 is 5.73 Å². The summed E-state index contributed by atoms with van der Waals surface area (Å²) in [6, 6.07) is 7.94. The van der Waals surface area contributed by atoms with Crippen molar-refractivity contribution < 1.29 is 16.2 Å². The molecule has 6 heteroatoms. The molecule has 0 bridgehead atoms. The zero-order valence-corrected chi connectivity index (χ0v) is 8.39. The highest BCUT2D eigenvalue weighted by Gasteiger charge is 1.94. The summed E-state index contributed by atoms with van der Waals surface area (Å²) in [7, 11) is -5.67. The molecule has 2 N–H and O–H groups in total. The van der Waals surface area contributed by atoms with Crippen LogP contribution in [0, 0.1) is 0 Å². The molecule has 3 nitrogen and oxygen atoms in total. The van der Waals surface area contributed by atoms with E-state index in [-0.39, 0.29) is 0 Å². The Bertz CT molecular complexity index is 371. The summed E-state index contributed by atoms with van der Waals surface area (Å²) < 4.78 is 36.6. The summed E-state index contributed by atoms with van der Waals surface area (Å²) in [5, 5.41) is 0. The maximum Gasteiger partial charge on any atom is 0.476 e. The number of aryl methyl sites for hydroxylation is 1. The number of benzene rings is 1. The molecule has 0 heterocycles. The third-order valence-corrected chi connectivity index (χ3v) is 1.44. The molecule has 0 radical (unpaired) electrons. The van der Waals surface area contributed by atoms with Crippen molar-refractivity contribution >= 4 is 16.3 Å². The van der Waals surface area contributed by atoms with Crippen molar-refractivity contribution in [2.75, 3.05) is 5.73 Å². The van der Waals surface area contributed by atoms with Gasteiger partial charge in [0.1, 0.15) is 0 Å². The van der Waals surface area contributed by atoms with Gasteiger partial charge in [-0.05, 0) is 18.1 Å². The highest BCUT2D eigenvalue weighted by Crippen LogP contribution is 2.09. The molecule has 0 aliphatic heterocycles. The van der Waals surface area contributed by atoms with Gasteiger partial charge >= 0.3 is 10.6 Å². The lowest BCUT2D eigenvalue weighted by molar-refractivity contribution is 0.501. The number of anilines is 1. The normalized spacial score (nSPS) is 10.2. The van der Waals surface area contributed by atoms with E-state index in [9.17, 15) is 7.77 Å². The first-order valence-electron chi connectivity index (χ1n) is 3.82. The molecule has 0 aliphatic rings. The highest BCUT2D eigenvalue weighted by molar-refractivity contribution is 7.81. The summed E-state index contributed by atoms with van der Waals surface area (Å²) in [4.78, 5) is 0. The van der Waals surface area contributed by atoms with Gasteiger partial charge in [0.15, 0.2) is 0 Å². The van der Waals surface area contributed by atoms with E-state index in [1.165, 1.54) is 5.56 Å². The van der Waals surface area contributed by atoms with E-state index in [4.69, 9.17) is 14.2 Å². The number of halogens is 2. The summed E-state index contributed by atoms with van der Waals surface area (Å²) in [6.07, 6.45) is 1.02. The van der Waals surface area contributed by atoms with E-state index >= 15 is 0 Å². The van der Waals surface area contributed by atoms with Crippen molar-refractivity contribution in [3.8, 4) is 0 Å².